The molecule has 1 aliphatic heterocycles. The summed E-state index contributed by atoms with van der Waals surface area (Å²) in [5.41, 5.74) is 2.91. The lowest BCUT2D eigenvalue weighted by Gasteiger charge is -2.37. The maximum absolute atomic E-state index is 11.1. The van der Waals surface area contributed by atoms with Crippen LogP contribution in [-0.4, -0.2) is 47.2 Å². The van der Waals surface area contributed by atoms with Gasteiger partial charge in [-0.3, -0.25) is 0 Å². The van der Waals surface area contributed by atoms with Gasteiger partial charge in [-0.15, -0.1) is 0 Å². The van der Waals surface area contributed by atoms with Gasteiger partial charge < -0.3 is 19.3 Å². The molecule has 0 bridgehead atoms. The molecule has 1 N–H and O–H groups in total. The number of rotatable bonds is 7. The SMILES string of the molecule is O=C(O)c1ccc(CSc2nc(-c3ccccc3)cc(N3CCN(c4ccccc4Cl)CC3)n2)o1. The van der Waals surface area contributed by atoms with Crippen LogP contribution < -0.4 is 9.80 Å². The molecule has 178 valence electrons. The first-order chi connectivity index (χ1) is 17.1. The smallest absolute Gasteiger partial charge is 0.371 e. The maximum atomic E-state index is 11.1. The number of benzene rings is 2. The average molecular weight is 507 g/mol. The average Bonchev–Trinajstić information content (AvgIpc) is 3.38. The molecule has 1 fully saturated rings. The van der Waals surface area contributed by atoms with Crippen molar-refractivity contribution in [3.8, 4) is 11.3 Å². The van der Waals surface area contributed by atoms with Crippen molar-refractivity contribution in [2.24, 2.45) is 0 Å². The molecular weight excluding hydrogens is 484 g/mol. The van der Waals surface area contributed by atoms with Crippen molar-refractivity contribution < 1.29 is 14.3 Å². The number of aromatic nitrogens is 2. The molecule has 2 aromatic heterocycles. The van der Waals surface area contributed by atoms with Crippen molar-refractivity contribution in [1.82, 2.24) is 9.97 Å². The Kier molecular flexibility index (Phi) is 6.92. The molecule has 1 aliphatic rings. The van der Waals surface area contributed by atoms with Crippen LogP contribution in [-0.2, 0) is 5.75 Å². The van der Waals surface area contributed by atoms with Gasteiger partial charge in [-0.05, 0) is 24.3 Å². The van der Waals surface area contributed by atoms with E-state index in [1.807, 2.05) is 54.6 Å². The summed E-state index contributed by atoms with van der Waals surface area (Å²) in [5, 5.41) is 10.5. The highest BCUT2D eigenvalue weighted by atomic mass is 35.5. The summed E-state index contributed by atoms with van der Waals surface area (Å²) in [6.45, 7) is 3.28. The summed E-state index contributed by atoms with van der Waals surface area (Å²) in [7, 11) is 0. The molecule has 0 spiro atoms. The lowest BCUT2D eigenvalue weighted by Crippen LogP contribution is -2.47. The second-order valence-electron chi connectivity index (χ2n) is 8.05. The Morgan fingerprint density at radius 3 is 2.37 bits per heavy atom. The number of aromatic carboxylic acids is 1. The molecule has 2 aromatic carbocycles. The Morgan fingerprint density at radius 2 is 1.66 bits per heavy atom. The number of carboxylic acids is 1. The minimum absolute atomic E-state index is 0.0726. The Bertz CT molecular complexity index is 1320. The van der Waals surface area contributed by atoms with Crippen LogP contribution in [0.3, 0.4) is 0 Å². The van der Waals surface area contributed by atoms with Crippen LogP contribution in [0.15, 0.2) is 82.4 Å². The monoisotopic (exact) mass is 506 g/mol. The molecule has 5 rings (SSSR count). The third kappa shape index (κ3) is 5.44. The number of thioether (sulfide) groups is 1. The van der Waals surface area contributed by atoms with E-state index in [1.54, 1.807) is 6.07 Å². The molecule has 3 heterocycles. The molecule has 1 saturated heterocycles. The van der Waals surface area contributed by atoms with Gasteiger partial charge in [0.25, 0.3) is 0 Å². The second-order valence-corrected chi connectivity index (χ2v) is 9.39. The van der Waals surface area contributed by atoms with Crippen molar-refractivity contribution in [1.29, 1.82) is 0 Å². The van der Waals surface area contributed by atoms with Gasteiger partial charge in [-0.2, -0.15) is 0 Å². The standard InChI is InChI=1S/C26H23ClN4O3S/c27-20-8-4-5-9-22(20)30-12-14-31(15-13-30)24-16-21(18-6-2-1-3-7-18)28-26(29-24)35-17-19-10-11-23(34-19)25(32)33/h1-11,16H,12-15,17H2,(H,32,33). The van der Waals surface area contributed by atoms with Gasteiger partial charge in [-0.1, -0.05) is 65.8 Å². The lowest BCUT2D eigenvalue weighted by atomic mass is 10.1. The number of carboxylic acid groups (broad SMARTS) is 1. The van der Waals surface area contributed by atoms with E-state index in [0.29, 0.717) is 16.7 Å². The number of nitrogens with zero attached hydrogens (tertiary/aromatic N) is 4. The zero-order valence-electron chi connectivity index (χ0n) is 18.8. The third-order valence-corrected chi connectivity index (χ3v) is 6.96. The number of furan rings is 1. The summed E-state index contributed by atoms with van der Waals surface area (Å²) in [6.07, 6.45) is 0. The number of hydrogen-bond acceptors (Lipinski definition) is 7. The van der Waals surface area contributed by atoms with Gasteiger partial charge in [0, 0.05) is 37.8 Å². The first kappa shape index (κ1) is 23.3. The first-order valence-electron chi connectivity index (χ1n) is 11.2. The number of anilines is 2. The predicted octanol–water partition coefficient (Wildman–Crippen LogP) is 5.71. The fourth-order valence-electron chi connectivity index (χ4n) is 3.99. The van der Waals surface area contributed by atoms with Crippen LogP contribution in [0.4, 0.5) is 11.5 Å². The zero-order chi connectivity index (χ0) is 24.2. The number of piperazine rings is 1. The van der Waals surface area contributed by atoms with Crippen molar-refractivity contribution in [3.05, 3.63) is 89.3 Å². The highest BCUT2D eigenvalue weighted by molar-refractivity contribution is 7.98. The molecule has 4 aromatic rings. The summed E-state index contributed by atoms with van der Waals surface area (Å²) in [5.74, 6) is 0.714. The van der Waals surface area contributed by atoms with Crippen molar-refractivity contribution in [2.45, 2.75) is 10.9 Å². The maximum Gasteiger partial charge on any atom is 0.371 e. The summed E-state index contributed by atoms with van der Waals surface area (Å²) < 4.78 is 5.39. The van der Waals surface area contributed by atoms with Gasteiger partial charge in [0.1, 0.15) is 11.6 Å². The van der Waals surface area contributed by atoms with E-state index >= 15 is 0 Å². The molecule has 9 heteroatoms. The van der Waals surface area contributed by atoms with Crippen LogP contribution >= 0.6 is 23.4 Å². The van der Waals surface area contributed by atoms with Gasteiger partial charge in [0.15, 0.2) is 5.16 Å². The van der Waals surface area contributed by atoms with Crippen LogP contribution in [0.25, 0.3) is 11.3 Å². The number of para-hydroxylation sites is 1. The number of carbonyl (C=O) groups is 1. The highest BCUT2D eigenvalue weighted by Crippen LogP contribution is 2.30. The summed E-state index contributed by atoms with van der Waals surface area (Å²) >= 11 is 7.83. The van der Waals surface area contributed by atoms with Crippen molar-refractivity contribution in [2.75, 3.05) is 36.0 Å². The fraction of sp³-hybridized carbons (Fsp3) is 0.192. The molecule has 0 saturated carbocycles. The van der Waals surface area contributed by atoms with Crippen molar-refractivity contribution >= 4 is 40.8 Å². The van der Waals surface area contributed by atoms with Crippen LogP contribution in [0.5, 0.6) is 0 Å². The molecule has 0 aliphatic carbocycles. The van der Waals surface area contributed by atoms with E-state index < -0.39 is 5.97 Å². The van der Waals surface area contributed by atoms with Gasteiger partial charge in [0.05, 0.1) is 22.2 Å². The van der Waals surface area contributed by atoms with E-state index in [0.717, 1.165) is 54.0 Å². The minimum atomic E-state index is -1.08. The molecule has 35 heavy (non-hydrogen) atoms. The molecule has 7 nitrogen and oxygen atoms in total. The van der Waals surface area contributed by atoms with E-state index in [1.165, 1.54) is 17.8 Å². The Morgan fingerprint density at radius 1 is 0.943 bits per heavy atom. The van der Waals surface area contributed by atoms with Crippen LogP contribution in [0.2, 0.25) is 5.02 Å². The molecular formula is C26H23ClN4O3S. The fourth-order valence-corrected chi connectivity index (χ4v) is 4.99. The van der Waals surface area contributed by atoms with Gasteiger partial charge in [-0.25, -0.2) is 14.8 Å². The Hall–Kier alpha value is -3.49. The Balaban J connectivity index is 1.36. The van der Waals surface area contributed by atoms with E-state index in [4.69, 9.17) is 31.1 Å². The zero-order valence-corrected chi connectivity index (χ0v) is 20.4. The first-order valence-corrected chi connectivity index (χ1v) is 12.6. The molecule has 0 unspecified atom stereocenters. The van der Waals surface area contributed by atoms with Crippen LogP contribution in [0.1, 0.15) is 16.3 Å². The third-order valence-electron chi connectivity index (χ3n) is 5.77. The van der Waals surface area contributed by atoms with E-state index in [9.17, 15) is 4.79 Å². The largest absolute Gasteiger partial charge is 0.475 e. The lowest BCUT2D eigenvalue weighted by molar-refractivity contribution is 0.0661. The second kappa shape index (κ2) is 10.4. The number of halogens is 1. The molecule has 0 amide bonds. The van der Waals surface area contributed by atoms with Gasteiger partial charge >= 0.3 is 5.97 Å². The minimum Gasteiger partial charge on any atom is -0.475 e. The van der Waals surface area contributed by atoms with E-state index in [2.05, 4.69) is 15.9 Å². The highest BCUT2D eigenvalue weighted by Gasteiger charge is 2.21. The summed E-state index contributed by atoms with van der Waals surface area (Å²) in [4.78, 5) is 25.3. The topological polar surface area (TPSA) is 82.7 Å². The quantitative estimate of drug-likeness (QED) is 0.252. The molecule has 0 atom stereocenters. The van der Waals surface area contributed by atoms with Gasteiger partial charge in [0.2, 0.25) is 5.76 Å². The van der Waals surface area contributed by atoms with Crippen LogP contribution in [0, 0.1) is 0 Å². The Labute approximate surface area is 212 Å². The normalized spacial score (nSPS) is 13.7. The van der Waals surface area contributed by atoms with E-state index in [-0.39, 0.29) is 5.76 Å². The molecule has 0 radical (unpaired) electrons. The van der Waals surface area contributed by atoms with Crippen molar-refractivity contribution in [3.63, 3.8) is 0 Å². The predicted molar refractivity (Wildman–Crippen MR) is 139 cm³/mol. The summed E-state index contributed by atoms with van der Waals surface area (Å²) in [6, 6.07) is 23.1. The number of hydrogen-bond donors (Lipinski definition) is 1.